The van der Waals surface area contributed by atoms with E-state index in [0.717, 1.165) is 6.08 Å². The molecule has 0 saturated carbocycles. The Morgan fingerprint density at radius 3 is 2.42 bits per heavy atom. The first-order valence-electron chi connectivity index (χ1n) is 3.81. The number of hydrogen-bond acceptors (Lipinski definition) is 2. The molecule has 0 aliphatic rings. The molecule has 3 N–H and O–H groups in total. The summed E-state index contributed by atoms with van der Waals surface area (Å²) in [6.45, 7) is 7.43. The lowest BCUT2D eigenvalue weighted by Gasteiger charge is -2.15. The molecular weight excluding hydrogens is 154 g/mol. The highest BCUT2D eigenvalue weighted by atomic mass is 16.4. The van der Waals surface area contributed by atoms with E-state index in [0.29, 0.717) is 5.70 Å². The molecule has 2 atom stereocenters. The predicted molar refractivity (Wildman–Crippen MR) is 48.4 cm³/mol. The first-order chi connectivity index (χ1) is 5.49. The minimum absolute atomic E-state index is 0.0265. The molecule has 0 spiro atoms. The van der Waals surface area contributed by atoms with Gasteiger partial charge in [-0.3, -0.25) is 0 Å². The van der Waals surface area contributed by atoms with Crippen LogP contribution in [0.15, 0.2) is 24.4 Å². The number of carbonyl (C=O) groups is 1. The number of aliphatic carboxylic acids is 1. The van der Waals surface area contributed by atoms with E-state index in [1.165, 1.54) is 0 Å². The van der Waals surface area contributed by atoms with Crippen LogP contribution in [0.5, 0.6) is 0 Å². The van der Waals surface area contributed by atoms with Gasteiger partial charge in [-0.25, -0.2) is 4.79 Å². The lowest BCUT2D eigenvalue weighted by Crippen LogP contribution is -2.16. The molecule has 0 aromatic carbocycles. The van der Waals surface area contributed by atoms with Crippen LogP contribution >= 0.6 is 0 Å². The third kappa shape index (κ3) is 3.23. The van der Waals surface area contributed by atoms with E-state index in [1.807, 2.05) is 13.8 Å². The zero-order valence-electron chi connectivity index (χ0n) is 7.45. The van der Waals surface area contributed by atoms with Gasteiger partial charge in [-0.05, 0) is 5.92 Å². The first-order valence-corrected chi connectivity index (χ1v) is 3.81. The molecule has 0 aromatic rings. The third-order valence-corrected chi connectivity index (χ3v) is 1.98. The van der Waals surface area contributed by atoms with Crippen LogP contribution in [0.1, 0.15) is 13.8 Å². The number of hydrogen-bond donors (Lipinski definition) is 2. The highest BCUT2D eigenvalue weighted by molar-refractivity contribution is 5.80. The second-order valence-corrected chi connectivity index (χ2v) is 2.87. The predicted octanol–water partition coefficient (Wildman–Crippen LogP) is 1.37. The maximum Gasteiger partial charge on any atom is 0.330 e. The second kappa shape index (κ2) is 4.59. The second-order valence-electron chi connectivity index (χ2n) is 2.87. The van der Waals surface area contributed by atoms with Gasteiger partial charge < -0.3 is 10.8 Å². The van der Waals surface area contributed by atoms with Gasteiger partial charge in [0.2, 0.25) is 0 Å². The van der Waals surface area contributed by atoms with E-state index < -0.39 is 5.97 Å². The number of carboxylic acid groups (broad SMARTS) is 1. The van der Waals surface area contributed by atoms with Gasteiger partial charge in [0.15, 0.2) is 0 Å². The third-order valence-electron chi connectivity index (χ3n) is 1.98. The van der Waals surface area contributed by atoms with Gasteiger partial charge in [0, 0.05) is 17.7 Å². The SMILES string of the molecule is C=C[C@H](C)[C@@H](C)/C(N)=C/C(=O)O. The Labute approximate surface area is 72.6 Å². The van der Waals surface area contributed by atoms with Crippen LogP contribution in [0.2, 0.25) is 0 Å². The van der Waals surface area contributed by atoms with Gasteiger partial charge in [-0.2, -0.15) is 0 Å². The van der Waals surface area contributed by atoms with Crippen LogP contribution in [0.4, 0.5) is 0 Å². The van der Waals surface area contributed by atoms with Gasteiger partial charge in [0.05, 0.1) is 0 Å². The molecule has 3 heteroatoms. The molecule has 0 aliphatic heterocycles. The van der Waals surface area contributed by atoms with Crippen molar-refractivity contribution in [1.29, 1.82) is 0 Å². The Balaban J connectivity index is 4.37. The van der Waals surface area contributed by atoms with Crippen LogP contribution in [-0.4, -0.2) is 11.1 Å². The van der Waals surface area contributed by atoms with E-state index in [1.54, 1.807) is 6.08 Å². The summed E-state index contributed by atoms with van der Waals surface area (Å²) in [6.07, 6.45) is 2.79. The molecule has 0 heterocycles. The highest BCUT2D eigenvalue weighted by Crippen LogP contribution is 2.16. The summed E-state index contributed by atoms with van der Waals surface area (Å²) in [5.74, 6) is -0.783. The van der Waals surface area contributed by atoms with E-state index in [-0.39, 0.29) is 11.8 Å². The fourth-order valence-electron chi connectivity index (χ4n) is 0.782. The molecule has 0 aliphatic carbocycles. The Morgan fingerprint density at radius 1 is 1.58 bits per heavy atom. The average Bonchev–Trinajstić information content (AvgIpc) is 2.00. The van der Waals surface area contributed by atoms with Crippen molar-refractivity contribution >= 4 is 5.97 Å². The molecule has 0 aromatic heterocycles. The molecule has 68 valence electrons. The van der Waals surface area contributed by atoms with Crippen molar-refractivity contribution in [3.05, 3.63) is 24.4 Å². The Hall–Kier alpha value is -1.25. The van der Waals surface area contributed by atoms with Gasteiger partial charge in [-0.1, -0.05) is 19.9 Å². The van der Waals surface area contributed by atoms with Crippen molar-refractivity contribution in [3.63, 3.8) is 0 Å². The Morgan fingerprint density at radius 2 is 2.08 bits per heavy atom. The van der Waals surface area contributed by atoms with Gasteiger partial charge in [0.25, 0.3) is 0 Å². The van der Waals surface area contributed by atoms with Crippen molar-refractivity contribution in [2.24, 2.45) is 17.6 Å². The summed E-state index contributed by atoms with van der Waals surface area (Å²) < 4.78 is 0. The summed E-state index contributed by atoms with van der Waals surface area (Å²) in [4.78, 5) is 10.2. The van der Waals surface area contributed by atoms with Crippen LogP contribution in [0.3, 0.4) is 0 Å². The molecule has 0 amide bonds. The quantitative estimate of drug-likeness (QED) is 0.493. The molecular formula is C9H15NO2. The molecule has 3 nitrogen and oxygen atoms in total. The van der Waals surface area contributed by atoms with E-state index in [2.05, 4.69) is 6.58 Å². The minimum Gasteiger partial charge on any atom is -0.478 e. The van der Waals surface area contributed by atoms with Crippen LogP contribution < -0.4 is 5.73 Å². The zero-order chi connectivity index (χ0) is 9.72. The maximum atomic E-state index is 10.2. The Bertz CT molecular complexity index is 209. The fourth-order valence-corrected chi connectivity index (χ4v) is 0.782. The van der Waals surface area contributed by atoms with Crippen LogP contribution in [-0.2, 0) is 4.79 Å². The topological polar surface area (TPSA) is 63.3 Å². The first kappa shape index (κ1) is 10.8. The standard InChI is InChI=1S/C9H15NO2/c1-4-6(2)7(3)8(10)5-9(11)12/h4-7H,1,10H2,2-3H3,(H,11,12)/b8-5-/t6-,7+/m0/s1. The monoisotopic (exact) mass is 169 g/mol. The van der Waals surface area contributed by atoms with Crippen LogP contribution in [0.25, 0.3) is 0 Å². The number of nitrogens with two attached hydrogens (primary N) is 1. The minimum atomic E-state index is -1.00. The Kier molecular flexibility index (Phi) is 4.11. The molecule has 12 heavy (non-hydrogen) atoms. The van der Waals surface area contributed by atoms with Crippen molar-refractivity contribution in [1.82, 2.24) is 0 Å². The van der Waals surface area contributed by atoms with Crippen molar-refractivity contribution in [3.8, 4) is 0 Å². The van der Waals surface area contributed by atoms with Gasteiger partial charge >= 0.3 is 5.97 Å². The summed E-state index contributed by atoms with van der Waals surface area (Å²) in [7, 11) is 0. The van der Waals surface area contributed by atoms with Gasteiger partial charge in [0.1, 0.15) is 0 Å². The van der Waals surface area contributed by atoms with E-state index >= 15 is 0 Å². The number of rotatable bonds is 4. The highest BCUT2D eigenvalue weighted by Gasteiger charge is 2.11. The lowest BCUT2D eigenvalue weighted by atomic mass is 9.93. The largest absolute Gasteiger partial charge is 0.478 e. The molecule has 0 fully saturated rings. The van der Waals surface area contributed by atoms with Crippen molar-refractivity contribution in [2.75, 3.05) is 0 Å². The molecule has 0 bridgehead atoms. The molecule has 0 rings (SSSR count). The summed E-state index contributed by atoms with van der Waals surface area (Å²) in [6, 6.07) is 0. The fraction of sp³-hybridized carbons (Fsp3) is 0.444. The van der Waals surface area contributed by atoms with E-state index in [9.17, 15) is 4.79 Å². The average molecular weight is 169 g/mol. The molecule has 0 saturated heterocycles. The number of carboxylic acids is 1. The van der Waals surface area contributed by atoms with Crippen LogP contribution in [0, 0.1) is 11.8 Å². The molecule has 0 unspecified atom stereocenters. The maximum absolute atomic E-state index is 10.2. The zero-order valence-corrected chi connectivity index (χ0v) is 7.45. The summed E-state index contributed by atoms with van der Waals surface area (Å²) in [5.41, 5.74) is 5.91. The lowest BCUT2D eigenvalue weighted by molar-refractivity contribution is -0.131. The van der Waals surface area contributed by atoms with Gasteiger partial charge in [-0.15, -0.1) is 6.58 Å². The summed E-state index contributed by atoms with van der Waals surface area (Å²) in [5, 5.41) is 8.41. The summed E-state index contributed by atoms with van der Waals surface area (Å²) >= 11 is 0. The number of allylic oxidation sites excluding steroid dienone is 2. The normalized spacial score (nSPS) is 16.7. The smallest absolute Gasteiger partial charge is 0.330 e. The van der Waals surface area contributed by atoms with E-state index in [4.69, 9.17) is 10.8 Å². The van der Waals surface area contributed by atoms with Crippen molar-refractivity contribution < 1.29 is 9.90 Å². The molecule has 0 radical (unpaired) electrons. The van der Waals surface area contributed by atoms with Crippen molar-refractivity contribution in [2.45, 2.75) is 13.8 Å².